The molecule has 2 aliphatic rings. The Hall–Kier alpha value is -1.88. The highest BCUT2D eigenvalue weighted by molar-refractivity contribution is 5.94. The molecule has 5 nitrogen and oxygen atoms in total. The molecule has 1 aromatic carbocycles. The molecule has 1 unspecified atom stereocenters. The van der Waals surface area contributed by atoms with Crippen LogP contribution in [0.15, 0.2) is 30.3 Å². The van der Waals surface area contributed by atoms with E-state index in [1.54, 1.807) is 0 Å². The van der Waals surface area contributed by atoms with E-state index < -0.39 is 0 Å². The Balaban J connectivity index is 1.49. The van der Waals surface area contributed by atoms with Gasteiger partial charge in [0.1, 0.15) is 0 Å². The molecule has 136 valence electrons. The smallest absolute Gasteiger partial charge is 0.253 e. The predicted octanol–water partition coefficient (Wildman–Crippen LogP) is 2.24. The number of benzene rings is 1. The molecule has 2 fully saturated rings. The zero-order chi connectivity index (χ0) is 17.6. The van der Waals surface area contributed by atoms with Gasteiger partial charge in [0.2, 0.25) is 5.91 Å². The van der Waals surface area contributed by atoms with Crippen LogP contribution in [0.1, 0.15) is 43.0 Å². The Morgan fingerprint density at radius 2 is 1.72 bits per heavy atom. The summed E-state index contributed by atoms with van der Waals surface area (Å²) in [6.45, 7) is 6.50. The maximum Gasteiger partial charge on any atom is 0.253 e. The number of hydrogen-bond donors (Lipinski definition) is 0. The summed E-state index contributed by atoms with van der Waals surface area (Å²) in [4.78, 5) is 31.3. The zero-order valence-corrected chi connectivity index (χ0v) is 15.2. The van der Waals surface area contributed by atoms with Crippen molar-refractivity contribution in [2.45, 2.75) is 38.6 Å². The van der Waals surface area contributed by atoms with Crippen LogP contribution in [0.3, 0.4) is 0 Å². The van der Waals surface area contributed by atoms with Crippen molar-refractivity contribution in [2.75, 3.05) is 39.3 Å². The molecule has 0 bridgehead atoms. The quantitative estimate of drug-likeness (QED) is 0.842. The molecule has 0 aromatic heterocycles. The van der Waals surface area contributed by atoms with Gasteiger partial charge in [-0.2, -0.15) is 0 Å². The van der Waals surface area contributed by atoms with E-state index in [1.165, 1.54) is 6.42 Å². The number of rotatable bonds is 4. The van der Waals surface area contributed by atoms with E-state index >= 15 is 0 Å². The number of piperazine rings is 1. The molecule has 0 saturated carbocycles. The van der Waals surface area contributed by atoms with Crippen LogP contribution in [-0.2, 0) is 4.79 Å². The summed E-state index contributed by atoms with van der Waals surface area (Å²) in [6.07, 6.45) is 4.55. The Morgan fingerprint density at radius 3 is 2.40 bits per heavy atom. The molecule has 2 heterocycles. The molecule has 1 atom stereocenters. The summed E-state index contributed by atoms with van der Waals surface area (Å²) in [5, 5.41) is 0. The Bertz CT molecular complexity index is 582. The molecule has 2 saturated heterocycles. The Morgan fingerprint density at radius 1 is 1.00 bits per heavy atom. The van der Waals surface area contributed by atoms with E-state index in [0.717, 1.165) is 44.5 Å². The number of hydrogen-bond acceptors (Lipinski definition) is 3. The lowest BCUT2D eigenvalue weighted by Gasteiger charge is -2.39. The van der Waals surface area contributed by atoms with Gasteiger partial charge in [0.15, 0.2) is 0 Å². The molecule has 3 rings (SSSR count). The van der Waals surface area contributed by atoms with Gasteiger partial charge < -0.3 is 9.80 Å². The normalized spacial score (nSPS) is 22.0. The van der Waals surface area contributed by atoms with Crippen LogP contribution in [0.4, 0.5) is 0 Å². The maximum atomic E-state index is 12.7. The number of carbonyl (C=O) groups excluding carboxylic acids is 2. The Kier molecular flexibility index (Phi) is 6.08. The van der Waals surface area contributed by atoms with Crippen molar-refractivity contribution in [2.24, 2.45) is 0 Å². The monoisotopic (exact) mass is 343 g/mol. The van der Waals surface area contributed by atoms with Crippen LogP contribution in [0, 0.1) is 0 Å². The minimum atomic E-state index is 0.0913. The van der Waals surface area contributed by atoms with Gasteiger partial charge in [-0.15, -0.1) is 0 Å². The highest BCUT2D eigenvalue weighted by atomic mass is 16.2. The van der Waals surface area contributed by atoms with Gasteiger partial charge >= 0.3 is 0 Å². The molecular weight excluding hydrogens is 314 g/mol. The second kappa shape index (κ2) is 8.48. The number of likely N-dealkylation sites (tertiary alicyclic amines) is 1. The fourth-order valence-electron chi connectivity index (χ4n) is 3.91. The van der Waals surface area contributed by atoms with Crippen molar-refractivity contribution in [3.8, 4) is 0 Å². The molecule has 1 aromatic rings. The van der Waals surface area contributed by atoms with Crippen molar-refractivity contribution < 1.29 is 9.59 Å². The van der Waals surface area contributed by atoms with Gasteiger partial charge in [-0.3, -0.25) is 14.5 Å². The third kappa shape index (κ3) is 4.40. The third-order valence-electron chi connectivity index (χ3n) is 5.46. The number of amides is 2. The van der Waals surface area contributed by atoms with Gasteiger partial charge in [-0.25, -0.2) is 0 Å². The second-order valence-electron chi connectivity index (χ2n) is 7.08. The molecule has 0 N–H and O–H groups in total. The van der Waals surface area contributed by atoms with Gasteiger partial charge in [0, 0.05) is 44.3 Å². The molecule has 2 aliphatic heterocycles. The molecule has 0 radical (unpaired) electrons. The van der Waals surface area contributed by atoms with Gasteiger partial charge in [0.25, 0.3) is 5.91 Å². The van der Waals surface area contributed by atoms with Crippen LogP contribution in [0.2, 0.25) is 0 Å². The summed E-state index contributed by atoms with van der Waals surface area (Å²) in [6, 6.07) is 9.85. The average Bonchev–Trinajstić information content (AvgIpc) is 2.68. The molecule has 25 heavy (non-hydrogen) atoms. The first-order valence-corrected chi connectivity index (χ1v) is 9.55. The first-order valence-electron chi connectivity index (χ1n) is 9.55. The van der Waals surface area contributed by atoms with Crippen molar-refractivity contribution >= 4 is 11.8 Å². The van der Waals surface area contributed by atoms with Gasteiger partial charge in [-0.1, -0.05) is 25.1 Å². The maximum absolute atomic E-state index is 12.7. The first-order chi connectivity index (χ1) is 12.2. The lowest BCUT2D eigenvalue weighted by Crippen LogP contribution is -2.53. The SMILES string of the molecule is CCC1CCCCN1C(=O)CN1CCN(C(=O)c2ccccc2)CC1. The molecule has 5 heteroatoms. The minimum Gasteiger partial charge on any atom is -0.339 e. The van der Waals surface area contributed by atoms with E-state index in [1.807, 2.05) is 35.2 Å². The minimum absolute atomic E-state index is 0.0913. The van der Waals surface area contributed by atoms with Crippen LogP contribution >= 0.6 is 0 Å². The van der Waals surface area contributed by atoms with E-state index in [4.69, 9.17) is 0 Å². The molecule has 2 amide bonds. The van der Waals surface area contributed by atoms with Crippen LogP contribution < -0.4 is 0 Å². The predicted molar refractivity (Wildman–Crippen MR) is 98.4 cm³/mol. The summed E-state index contributed by atoms with van der Waals surface area (Å²) in [7, 11) is 0. The second-order valence-corrected chi connectivity index (χ2v) is 7.08. The highest BCUT2D eigenvalue weighted by Crippen LogP contribution is 2.20. The summed E-state index contributed by atoms with van der Waals surface area (Å²) >= 11 is 0. The van der Waals surface area contributed by atoms with Gasteiger partial charge in [0.05, 0.1) is 6.54 Å². The van der Waals surface area contributed by atoms with Gasteiger partial charge in [-0.05, 0) is 37.8 Å². The summed E-state index contributed by atoms with van der Waals surface area (Å²) in [5.74, 6) is 0.350. The summed E-state index contributed by atoms with van der Waals surface area (Å²) in [5.41, 5.74) is 0.742. The standard InChI is InChI=1S/C20H29N3O2/c1-2-18-10-6-7-11-23(18)19(24)16-21-12-14-22(15-13-21)20(25)17-8-4-3-5-9-17/h3-5,8-9,18H,2,6-7,10-16H2,1H3. The van der Waals surface area contributed by atoms with Crippen molar-refractivity contribution in [3.63, 3.8) is 0 Å². The van der Waals surface area contributed by atoms with Crippen LogP contribution in [0.25, 0.3) is 0 Å². The number of carbonyl (C=O) groups is 2. The molecule has 0 aliphatic carbocycles. The van der Waals surface area contributed by atoms with Crippen LogP contribution in [-0.4, -0.2) is 71.8 Å². The molecule has 0 spiro atoms. The fourth-order valence-corrected chi connectivity index (χ4v) is 3.91. The van der Waals surface area contributed by atoms with Crippen LogP contribution in [0.5, 0.6) is 0 Å². The largest absolute Gasteiger partial charge is 0.339 e. The van der Waals surface area contributed by atoms with E-state index in [0.29, 0.717) is 25.7 Å². The first kappa shape index (κ1) is 17.9. The topological polar surface area (TPSA) is 43.9 Å². The van der Waals surface area contributed by atoms with E-state index in [2.05, 4.69) is 16.7 Å². The molecular formula is C20H29N3O2. The van der Waals surface area contributed by atoms with E-state index in [-0.39, 0.29) is 11.8 Å². The van der Waals surface area contributed by atoms with Crippen molar-refractivity contribution in [3.05, 3.63) is 35.9 Å². The lowest BCUT2D eigenvalue weighted by atomic mass is 10.00. The lowest BCUT2D eigenvalue weighted by molar-refractivity contribution is -0.136. The fraction of sp³-hybridized carbons (Fsp3) is 0.600. The highest BCUT2D eigenvalue weighted by Gasteiger charge is 2.28. The zero-order valence-electron chi connectivity index (χ0n) is 15.2. The Labute approximate surface area is 150 Å². The average molecular weight is 343 g/mol. The number of piperidine rings is 1. The van der Waals surface area contributed by atoms with E-state index in [9.17, 15) is 9.59 Å². The summed E-state index contributed by atoms with van der Waals surface area (Å²) < 4.78 is 0. The number of nitrogens with zero attached hydrogens (tertiary/aromatic N) is 3. The van der Waals surface area contributed by atoms with Crippen molar-refractivity contribution in [1.82, 2.24) is 14.7 Å². The van der Waals surface area contributed by atoms with Crippen molar-refractivity contribution in [1.29, 1.82) is 0 Å². The third-order valence-corrected chi connectivity index (χ3v) is 5.46.